The Morgan fingerprint density at radius 2 is 2.22 bits per heavy atom. The average Bonchev–Trinajstić information content (AvgIpc) is 2.78. The second-order valence-corrected chi connectivity index (χ2v) is 5.26. The van der Waals surface area contributed by atoms with Crippen molar-refractivity contribution in [3.8, 4) is 0 Å². The van der Waals surface area contributed by atoms with Gasteiger partial charge in [0, 0.05) is 11.6 Å². The van der Waals surface area contributed by atoms with E-state index < -0.39 is 0 Å². The summed E-state index contributed by atoms with van der Waals surface area (Å²) in [5.41, 5.74) is 4.75. The van der Waals surface area contributed by atoms with Crippen molar-refractivity contribution in [3.05, 3.63) is 40.5 Å². The predicted molar refractivity (Wildman–Crippen MR) is 73.9 cm³/mol. The Balaban J connectivity index is 1.87. The highest BCUT2D eigenvalue weighted by atomic mass is 16.1. The summed E-state index contributed by atoms with van der Waals surface area (Å²) < 4.78 is 0. The number of carbonyl (C=O) groups is 1. The summed E-state index contributed by atoms with van der Waals surface area (Å²) >= 11 is 0. The highest BCUT2D eigenvalue weighted by Crippen LogP contribution is 2.31. The first-order chi connectivity index (χ1) is 8.79. The molecule has 2 heteroatoms. The standard InChI is InChI=1S/C16H19NO/c1-2-9-17-13-6-7-14-12(10-13)4-3-11-5-8-15(18)16(11)14/h3-5,8,13,17H,2,6-7,9-10H2,1H3. The lowest BCUT2D eigenvalue weighted by molar-refractivity contribution is 0.104. The first-order valence-corrected chi connectivity index (χ1v) is 6.90. The van der Waals surface area contributed by atoms with Crippen LogP contribution in [0.5, 0.6) is 0 Å². The van der Waals surface area contributed by atoms with Crippen molar-refractivity contribution in [2.75, 3.05) is 6.54 Å². The molecule has 1 aromatic rings. The van der Waals surface area contributed by atoms with Crippen molar-refractivity contribution in [1.82, 2.24) is 5.32 Å². The van der Waals surface area contributed by atoms with Crippen LogP contribution >= 0.6 is 0 Å². The van der Waals surface area contributed by atoms with Gasteiger partial charge in [0.15, 0.2) is 5.78 Å². The molecule has 1 N–H and O–H groups in total. The van der Waals surface area contributed by atoms with Crippen molar-refractivity contribution in [2.45, 2.75) is 38.6 Å². The van der Waals surface area contributed by atoms with E-state index in [-0.39, 0.29) is 5.78 Å². The summed E-state index contributed by atoms with van der Waals surface area (Å²) in [6, 6.07) is 4.88. The Morgan fingerprint density at radius 3 is 3.06 bits per heavy atom. The van der Waals surface area contributed by atoms with E-state index in [2.05, 4.69) is 24.4 Å². The number of allylic oxidation sites excluding steroid dienone is 1. The molecule has 0 heterocycles. The molecule has 3 rings (SSSR count). The molecule has 1 aromatic carbocycles. The lowest BCUT2D eigenvalue weighted by Crippen LogP contribution is -2.35. The molecule has 0 saturated carbocycles. The number of fused-ring (bicyclic) bond motifs is 3. The maximum Gasteiger partial charge on any atom is 0.186 e. The highest BCUT2D eigenvalue weighted by Gasteiger charge is 2.25. The quantitative estimate of drug-likeness (QED) is 0.881. The van der Waals surface area contributed by atoms with Crippen LogP contribution in [0, 0.1) is 0 Å². The van der Waals surface area contributed by atoms with Crippen LogP contribution in [0.1, 0.15) is 46.8 Å². The largest absolute Gasteiger partial charge is 0.314 e. The van der Waals surface area contributed by atoms with E-state index in [1.54, 1.807) is 6.08 Å². The third kappa shape index (κ3) is 1.91. The second kappa shape index (κ2) is 4.69. The van der Waals surface area contributed by atoms with Gasteiger partial charge in [0.25, 0.3) is 0 Å². The molecule has 0 fully saturated rings. The Morgan fingerprint density at radius 1 is 1.33 bits per heavy atom. The third-order valence-corrected chi connectivity index (χ3v) is 3.99. The van der Waals surface area contributed by atoms with Gasteiger partial charge in [0.1, 0.15) is 0 Å². The molecule has 0 bridgehead atoms. The van der Waals surface area contributed by atoms with Gasteiger partial charge in [0.05, 0.1) is 0 Å². The van der Waals surface area contributed by atoms with Gasteiger partial charge in [-0.3, -0.25) is 4.79 Å². The Bertz CT molecular complexity index is 516. The molecule has 94 valence electrons. The van der Waals surface area contributed by atoms with E-state index in [1.807, 2.05) is 6.08 Å². The van der Waals surface area contributed by atoms with Crippen molar-refractivity contribution in [2.24, 2.45) is 0 Å². The molecular weight excluding hydrogens is 222 g/mol. The molecule has 2 aliphatic carbocycles. The van der Waals surface area contributed by atoms with E-state index in [0.29, 0.717) is 6.04 Å². The number of carbonyl (C=O) groups excluding carboxylic acids is 1. The molecule has 18 heavy (non-hydrogen) atoms. The van der Waals surface area contributed by atoms with Crippen LogP contribution in [0.4, 0.5) is 0 Å². The van der Waals surface area contributed by atoms with Gasteiger partial charge in [-0.2, -0.15) is 0 Å². The summed E-state index contributed by atoms with van der Waals surface area (Å²) in [5.74, 6) is 0.196. The first kappa shape index (κ1) is 11.7. The summed E-state index contributed by atoms with van der Waals surface area (Å²) in [7, 11) is 0. The SMILES string of the molecule is CCCNC1CCc2c(ccc3c2C(=O)C=C3)C1. The van der Waals surface area contributed by atoms with Crippen LogP contribution in [-0.4, -0.2) is 18.4 Å². The predicted octanol–water partition coefficient (Wildman–Crippen LogP) is 2.75. The molecule has 1 atom stereocenters. The van der Waals surface area contributed by atoms with Crippen molar-refractivity contribution in [3.63, 3.8) is 0 Å². The zero-order valence-corrected chi connectivity index (χ0v) is 10.8. The molecular formula is C16H19NO. The Hall–Kier alpha value is -1.41. The lowest BCUT2D eigenvalue weighted by atomic mass is 9.83. The Kier molecular flexibility index (Phi) is 3.04. The maximum absolute atomic E-state index is 11.9. The van der Waals surface area contributed by atoms with Crippen LogP contribution in [0.15, 0.2) is 18.2 Å². The summed E-state index contributed by atoms with van der Waals surface area (Å²) in [6.45, 7) is 3.28. The van der Waals surface area contributed by atoms with Gasteiger partial charge in [-0.15, -0.1) is 0 Å². The maximum atomic E-state index is 11.9. The monoisotopic (exact) mass is 241 g/mol. The number of nitrogens with one attached hydrogen (secondary N) is 1. The summed E-state index contributed by atoms with van der Waals surface area (Å²) in [4.78, 5) is 11.9. The molecule has 2 aliphatic rings. The van der Waals surface area contributed by atoms with E-state index >= 15 is 0 Å². The second-order valence-electron chi connectivity index (χ2n) is 5.26. The number of hydrogen-bond acceptors (Lipinski definition) is 2. The van der Waals surface area contributed by atoms with Crippen molar-refractivity contribution < 1.29 is 4.79 Å². The number of rotatable bonds is 3. The summed E-state index contributed by atoms with van der Waals surface area (Å²) in [5, 5.41) is 3.59. The molecule has 0 spiro atoms. The van der Waals surface area contributed by atoms with Crippen LogP contribution < -0.4 is 5.32 Å². The van der Waals surface area contributed by atoms with Crippen molar-refractivity contribution >= 4 is 11.9 Å². The van der Waals surface area contributed by atoms with E-state index in [4.69, 9.17) is 0 Å². The molecule has 0 radical (unpaired) electrons. The fourth-order valence-corrected chi connectivity index (χ4v) is 3.07. The van der Waals surface area contributed by atoms with Gasteiger partial charge in [-0.05, 0) is 55.0 Å². The average molecular weight is 241 g/mol. The van der Waals surface area contributed by atoms with Crippen LogP contribution in [0.3, 0.4) is 0 Å². The fourth-order valence-electron chi connectivity index (χ4n) is 3.07. The molecule has 0 amide bonds. The molecule has 0 saturated heterocycles. The minimum Gasteiger partial charge on any atom is -0.314 e. The number of benzene rings is 1. The van der Waals surface area contributed by atoms with Crippen molar-refractivity contribution in [1.29, 1.82) is 0 Å². The molecule has 1 unspecified atom stereocenters. The summed E-state index contributed by atoms with van der Waals surface area (Å²) in [6.07, 6.45) is 8.07. The van der Waals surface area contributed by atoms with Gasteiger partial charge in [-0.1, -0.05) is 25.1 Å². The van der Waals surface area contributed by atoms with Crippen LogP contribution in [-0.2, 0) is 12.8 Å². The van der Waals surface area contributed by atoms with Gasteiger partial charge in [0.2, 0.25) is 0 Å². The van der Waals surface area contributed by atoms with E-state index in [1.165, 1.54) is 17.5 Å². The Labute approximate surface area is 108 Å². The van der Waals surface area contributed by atoms with Crippen LogP contribution in [0.25, 0.3) is 6.08 Å². The highest BCUT2D eigenvalue weighted by molar-refractivity contribution is 6.14. The minimum atomic E-state index is 0.196. The van der Waals surface area contributed by atoms with Gasteiger partial charge >= 0.3 is 0 Å². The topological polar surface area (TPSA) is 29.1 Å². The first-order valence-electron chi connectivity index (χ1n) is 6.90. The van der Waals surface area contributed by atoms with Crippen LogP contribution in [0.2, 0.25) is 0 Å². The number of ketones is 1. The zero-order valence-electron chi connectivity index (χ0n) is 10.8. The molecule has 0 aromatic heterocycles. The van der Waals surface area contributed by atoms with E-state index in [9.17, 15) is 4.79 Å². The molecule has 0 aliphatic heterocycles. The van der Waals surface area contributed by atoms with E-state index in [0.717, 1.165) is 36.9 Å². The van der Waals surface area contributed by atoms with Gasteiger partial charge in [-0.25, -0.2) is 0 Å². The minimum absolute atomic E-state index is 0.196. The number of hydrogen-bond donors (Lipinski definition) is 1. The van der Waals surface area contributed by atoms with Gasteiger partial charge < -0.3 is 5.32 Å². The lowest BCUT2D eigenvalue weighted by Gasteiger charge is -2.27. The normalized spacial score (nSPS) is 20.9. The fraction of sp³-hybridized carbons (Fsp3) is 0.438. The molecule has 2 nitrogen and oxygen atoms in total. The zero-order chi connectivity index (χ0) is 12.5. The third-order valence-electron chi connectivity index (χ3n) is 3.99. The smallest absolute Gasteiger partial charge is 0.186 e.